The number of ether oxygens (including phenoxy) is 2. The van der Waals surface area contributed by atoms with Crippen molar-refractivity contribution in [3.63, 3.8) is 0 Å². The molecular formula is C49H54BrN5O4. The summed E-state index contributed by atoms with van der Waals surface area (Å²) in [6.45, 7) is 11.9. The normalized spacial score (nSPS) is 12.8. The minimum absolute atomic E-state index is 0. The molecule has 0 saturated carbocycles. The maximum Gasteiger partial charge on any atom is 0.122 e. The van der Waals surface area contributed by atoms with Crippen LogP contribution in [0.2, 0.25) is 0 Å². The van der Waals surface area contributed by atoms with Crippen LogP contribution in [-0.2, 0) is 30.8 Å². The van der Waals surface area contributed by atoms with E-state index in [9.17, 15) is 10.2 Å². The first-order chi connectivity index (χ1) is 28.3. The minimum Gasteiger partial charge on any atom is -0.493 e. The third-order valence-corrected chi connectivity index (χ3v) is 11.8. The molecule has 306 valence electrons. The molecule has 4 aromatic heterocycles. The van der Waals surface area contributed by atoms with Crippen LogP contribution in [0.5, 0.6) is 5.75 Å². The fourth-order valence-corrected chi connectivity index (χ4v) is 7.90. The SMILES string of the molecule is C.Cc1c(Br)cccc1Cc1nccc2cc(CO)cnc12.Cc1c(Cc2nccc3cc(CO)cnc23)cccc1-c1cccc(OCCCN2CCOCC2)c1C. The summed E-state index contributed by atoms with van der Waals surface area (Å²) >= 11 is 3.56. The first kappa shape index (κ1) is 43.5. The number of aliphatic hydroxyl groups excluding tert-OH is 2. The lowest BCUT2D eigenvalue weighted by molar-refractivity contribution is 0.0358. The summed E-state index contributed by atoms with van der Waals surface area (Å²) in [5, 5.41) is 20.7. The summed E-state index contributed by atoms with van der Waals surface area (Å²) in [6.07, 6.45) is 9.50. The number of hydrogen-bond acceptors (Lipinski definition) is 9. The molecule has 0 amide bonds. The molecule has 1 aliphatic rings. The van der Waals surface area contributed by atoms with Gasteiger partial charge in [-0.3, -0.25) is 24.8 Å². The van der Waals surface area contributed by atoms with E-state index in [1.54, 1.807) is 18.6 Å². The highest BCUT2D eigenvalue weighted by atomic mass is 79.9. The maximum atomic E-state index is 9.46. The summed E-state index contributed by atoms with van der Waals surface area (Å²) < 4.78 is 12.8. The summed E-state index contributed by atoms with van der Waals surface area (Å²) in [6, 6.07) is 26.8. The van der Waals surface area contributed by atoms with E-state index in [2.05, 4.69) is 104 Å². The maximum absolute atomic E-state index is 9.46. The summed E-state index contributed by atoms with van der Waals surface area (Å²) in [5.74, 6) is 0.948. The standard InChI is InChI=1S/C31H35N3O3.C17H15BrN2O.CH4/c1-22-25(19-29-31-26(10-11-32-29)18-24(21-35)20-33-31)6-3-7-27(22)28-8-4-9-30(23(28)2)37-15-5-12-34-13-16-36-17-14-34;1-11-13(3-2-4-15(11)18)8-16-17-14(5-6-19-16)7-12(10-21)9-20-17;/h3-4,6-11,18,20,35H,5,12-17,19,21H2,1-2H3;2-7,9,21H,8,10H2,1H3;1H4. The highest BCUT2D eigenvalue weighted by Crippen LogP contribution is 2.34. The molecule has 9 nitrogen and oxygen atoms in total. The number of hydrogen-bond donors (Lipinski definition) is 2. The summed E-state index contributed by atoms with van der Waals surface area (Å²) in [4.78, 5) is 20.6. The minimum atomic E-state index is -0.0161. The van der Waals surface area contributed by atoms with Gasteiger partial charge in [0.1, 0.15) is 5.75 Å². The van der Waals surface area contributed by atoms with Gasteiger partial charge in [0.05, 0.1) is 55.5 Å². The van der Waals surface area contributed by atoms with Gasteiger partial charge in [0.15, 0.2) is 0 Å². The number of nitrogens with zero attached hydrogens (tertiary/aromatic N) is 5. The number of rotatable bonds is 12. The van der Waals surface area contributed by atoms with Crippen molar-refractivity contribution in [1.29, 1.82) is 0 Å². The largest absolute Gasteiger partial charge is 0.493 e. The Hall–Kier alpha value is -5.10. The van der Waals surface area contributed by atoms with Crippen molar-refractivity contribution in [1.82, 2.24) is 24.8 Å². The molecule has 2 N–H and O–H groups in total. The van der Waals surface area contributed by atoms with Crippen LogP contribution in [0.25, 0.3) is 32.9 Å². The number of benzene rings is 3. The number of aliphatic hydroxyl groups is 2. The van der Waals surface area contributed by atoms with Crippen molar-refractivity contribution in [2.24, 2.45) is 0 Å². The van der Waals surface area contributed by atoms with Gasteiger partial charge in [-0.1, -0.05) is 65.8 Å². The van der Waals surface area contributed by atoms with Gasteiger partial charge < -0.3 is 19.7 Å². The van der Waals surface area contributed by atoms with Gasteiger partial charge in [-0.05, 0) is 114 Å². The van der Waals surface area contributed by atoms with Crippen molar-refractivity contribution in [3.05, 3.63) is 158 Å². The van der Waals surface area contributed by atoms with E-state index in [-0.39, 0.29) is 20.6 Å². The first-order valence-electron chi connectivity index (χ1n) is 19.8. The molecule has 10 heteroatoms. The van der Waals surface area contributed by atoms with E-state index < -0.39 is 0 Å². The quantitative estimate of drug-likeness (QED) is 0.116. The predicted octanol–water partition coefficient (Wildman–Crippen LogP) is 9.52. The smallest absolute Gasteiger partial charge is 0.122 e. The van der Waals surface area contributed by atoms with Gasteiger partial charge in [0, 0.05) is 72.5 Å². The fourth-order valence-electron chi connectivity index (χ4n) is 7.49. The monoisotopic (exact) mass is 855 g/mol. The molecule has 0 radical (unpaired) electrons. The van der Waals surface area contributed by atoms with Gasteiger partial charge in [0.2, 0.25) is 0 Å². The fraction of sp³-hybridized carbons (Fsp3) is 0.306. The Labute approximate surface area is 356 Å². The van der Waals surface area contributed by atoms with E-state index in [0.29, 0.717) is 13.0 Å². The van der Waals surface area contributed by atoms with Crippen LogP contribution in [-0.4, -0.2) is 74.5 Å². The average Bonchev–Trinajstić information content (AvgIpc) is 3.25. The zero-order valence-corrected chi connectivity index (χ0v) is 35.0. The number of morpholine rings is 1. The molecule has 1 fully saturated rings. The molecule has 0 unspecified atom stereocenters. The first-order valence-corrected chi connectivity index (χ1v) is 20.6. The van der Waals surface area contributed by atoms with E-state index in [1.165, 1.54) is 33.4 Å². The lowest BCUT2D eigenvalue weighted by Crippen LogP contribution is -2.37. The lowest BCUT2D eigenvalue weighted by Gasteiger charge is -2.26. The second-order valence-corrected chi connectivity index (χ2v) is 15.6. The van der Waals surface area contributed by atoms with Crippen molar-refractivity contribution >= 4 is 37.7 Å². The molecule has 8 rings (SSSR count). The number of aromatic nitrogens is 4. The van der Waals surface area contributed by atoms with Crippen LogP contribution in [0.1, 0.15) is 64.2 Å². The molecular weight excluding hydrogens is 802 g/mol. The molecule has 0 atom stereocenters. The second-order valence-electron chi connectivity index (χ2n) is 14.7. The molecule has 3 aromatic carbocycles. The van der Waals surface area contributed by atoms with E-state index in [0.717, 1.165) is 106 Å². The van der Waals surface area contributed by atoms with Gasteiger partial charge in [0.25, 0.3) is 0 Å². The van der Waals surface area contributed by atoms with Gasteiger partial charge in [-0.2, -0.15) is 0 Å². The molecule has 1 aliphatic heterocycles. The van der Waals surface area contributed by atoms with Crippen LogP contribution in [0.4, 0.5) is 0 Å². The Balaban J connectivity index is 0.000000226. The predicted molar refractivity (Wildman–Crippen MR) is 241 cm³/mol. The topological polar surface area (TPSA) is 114 Å². The van der Waals surface area contributed by atoms with Crippen LogP contribution >= 0.6 is 15.9 Å². The molecule has 7 aromatic rings. The number of fused-ring (bicyclic) bond motifs is 2. The number of pyridine rings is 4. The summed E-state index contributed by atoms with van der Waals surface area (Å²) in [7, 11) is 0. The highest BCUT2D eigenvalue weighted by molar-refractivity contribution is 9.10. The van der Waals surface area contributed by atoms with Crippen molar-refractivity contribution < 1.29 is 19.7 Å². The van der Waals surface area contributed by atoms with E-state index in [4.69, 9.17) is 9.47 Å². The lowest BCUT2D eigenvalue weighted by atomic mass is 9.91. The van der Waals surface area contributed by atoms with Crippen molar-refractivity contribution in [3.8, 4) is 16.9 Å². The van der Waals surface area contributed by atoms with Crippen LogP contribution in [0.3, 0.4) is 0 Å². The zero-order valence-electron chi connectivity index (χ0n) is 33.4. The van der Waals surface area contributed by atoms with Gasteiger partial charge >= 0.3 is 0 Å². The number of halogens is 1. The third-order valence-electron chi connectivity index (χ3n) is 10.9. The molecule has 1 saturated heterocycles. The van der Waals surface area contributed by atoms with Crippen LogP contribution in [0.15, 0.2) is 108 Å². The third kappa shape index (κ3) is 10.6. The Morgan fingerprint density at radius 1 is 0.678 bits per heavy atom. The second kappa shape index (κ2) is 20.7. The van der Waals surface area contributed by atoms with Gasteiger partial charge in [-0.25, -0.2) is 0 Å². The summed E-state index contributed by atoms with van der Waals surface area (Å²) in [5.41, 5.74) is 13.8. The molecule has 0 bridgehead atoms. The van der Waals surface area contributed by atoms with Crippen molar-refractivity contribution in [2.75, 3.05) is 39.5 Å². The highest BCUT2D eigenvalue weighted by Gasteiger charge is 2.15. The Morgan fingerprint density at radius 2 is 1.22 bits per heavy atom. The van der Waals surface area contributed by atoms with Crippen LogP contribution in [0, 0.1) is 20.8 Å². The van der Waals surface area contributed by atoms with E-state index >= 15 is 0 Å². The Bertz CT molecular complexity index is 2500. The Morgan fingerprint density at radius 3 is 1.81 bits per heavy atom. The average molecular weight is 857 g/mol. The zero-order chi connectivity index (χ0) is 40.4. The molecule has 0 aliphatic carbocycles. The molecule has 5 heterocycles. The molecule has 59 heavy (non-hydrogen) atoms. The van der Waals surface area contributed by atoms with Crippen molar-refractivity contribution in [2.45, 2.75) is 60.7 Å². The Kier molecular flexibility index (Phi) is 15.3. The van der Waals surface area contributed by atoms with E-state index in [1.807, 2.05) is 42.6 Å². The van der Waals surface area contributed by atoms with Gasteiger partial charge in [-0.15, -0.1) is 0 Å². The molecule has 0 spiro atoms. The van der Waals surface area contributed by atoms with Crippen LogP contribution < -0.4 is 4.74 Å².